The number of carboxylic acid groups (broad SMARTS) is 1. The molecule has 4 nitrogen and oxygen atoms in total. The van der Waals surface area contributed by atoms with Crippen LogP contribution in [0.3, 0.4) is 0 Å². The molecule has 2 atom stereocenters. The van der Waals surface area contributed by atoms with Gasteiger partial charge in [0.25, 0.3) is 6.29 Å². The summed E-state index contributed by atoms with van der Waals surface area (Å²) in [6, 6.07) is 0. The molecule has 0 saturated carbocycles. The van der Waals surface area contributed by atoms with E-state index in [0.717, 1.165) is 34.0 Å². The maximum atomic E-state index is 11.2. The highest BCUT2D eigenvalue weighted by Gasteiger charge is 2.30. The van der Waals surface area contributed by atoms with E-state index >= 15 is 0 Å². The van der Waals surface area contributed by atoms with Gasteiger partial charge in [-0.2, -0.15) is 0 Å². The van der Waals surface area contributed by atoms with Crippen LogP contribution in [0.15, 0.2) is 57.8 Å². The molecule has 104 valence electrons. The molecule has 3 rings (SSSR count). The molecule has 0 aromatic carbocycles. The van der Waals surface area contributed by atoms with Crippen LogP contribution in [0, 0.1) is 0 Å². The summed E-state index contributed by atoms with van der Waals surface area (Å²) in [6.07, 6.45) is 11.4. The summed E-state index contributed by atoms with van der Waals surface area (Å²) < 4.78 is 11.7. The van der Waals surface area contributed by atoms with Gasteiger partial charge in [0.15, 0.2) is 0 Å². The van der Waals surface area contributed by atoms with Crippen LogP contribution < -0.4 is 0 Å². The van der Waals surface area contributed by atoms with Gasteiger partial charge in [-0.15, -0.1) is 0 Å². The van der Waals surface area contributed by atoms with Crippen LogP contribution in [0.2, 0.25) is 0 Å². The Balaban J connectivity index is 2.08. The minimum absolute atomic E-state index is 0.416. The van der Waals surface area contributed by atoms with Crippen LogP contribution in [0.1, 0.15) is 12.8 Å². The highest BCUT2D eigenvalue weighted by molar-refractivity contribution is 9.11. The Hall–Kier alpha value is -1.59. The van der Waals surface area contributed by atoms with Crippen LogP contribution >= 0.6 is 15.9 Å². The fourth-order valence-electron chi connectivity index (χ4n) is 2.46. The van der Waals surface area contributed by atoms with Gasteiger partial charge in [0.2, 0.25) is 0 Å². The van der Waals surface area contributed by atoms with E-state index in [1.807, 2.05) is 24.3 Å². The molecule has 2 unspecified atom stereocenters. The van der Waals surface area contributed by atoms with Gasteiger partial charge in [-0.1, -0.05) is 34.2 Å². The van der Waals surface area contributed by atoms with Gasteiger partial charge >= 0.3 is 5.97 Å². The largest absolute Gasteiger partial charge is 0.477 e. The van der Waals surface area contributed by atoms with Crippen molar-refractivity contribution in [1.82, 2.24) is 0 Å². The Bertz CT molecular complexity index is 595. The third kappa shape index (κ3) is 2.51. The summed E-state index contributed by atoms with van der Waals surface area (Å²) in [5.74, 6) is -1.14. The average molecular weight is 337 g/mol. The lowest BCUT2D eigenvalue weighted by Gasteiger charge is -2.29. The summed E-state index contributed by atoms with van der Waals surface area (Å²) >= 11 is 3.40. The van der Waals surface area contributed by atoms with E-state index in [0.29, 0.717) is 0 Å². The van der Waals surface area contributed by atoms with Gasteiger partial charge in [-0.25, -0.2) is 4.79 Å². The van der Waals surface area contributed by atoms with Gasteiger partial charge in [0, 0.05) is 10.1 Å². The zero-order valence-electron chi connectivity index (χ0n) is 10.6. The molecule has 1 aliphatic heterocycles. The zero-order valence-corrected chi connectivity index (χ0v) is 12.2. The molecule has 0 spiro atoms. The second kappa shape index (κ2) is 5.42. The number of ether oxygens (including phenoxy) is 2. The van der Waals surface area contributed by atoms with Crippen LogP contribution in [-0.2, 0) is 14.3 Å². The maximum Gasteiger partial charge on any atom is 0.373 e. The van der Waals surface area contributed by atoms with Crippen molar-refractivity contribution in [2.75, 3.05) is 0 Å². The molecule has 20 heavy (non-hydrogen) atoms. The monoisotopic (exact) mass is 336 g/mol. The van der Waals surface area contributed by atoms with Crippen molar-refractivity contribution in [2.24, 2.45) is 0 Å². The minimum Gasteiger partial charge on any atom is -0.477 e. The Kier molecular flexibility index (Phi) is 3.63. The van der Waals surface area contributed by atoms with E-state index in [2.05, 4.69) is 22.0 Å². The number of halogens is 1. The topological polar surface area (TPSA) is 55.8 Å². The summed E-state index contributed by atoms with van der Waals surface area (Å²) in [5, 5.41) is 9.14. The molecular weight excluding hydrogens is 324 g/mol. The second-order valence-corrected chi connectivity index (χ2v) is 5.61. The van der Waals surface area contributed by atoms with Crippen LogP contribution in [-0.4, -0.2) is 23.5 Å². The third-order valence-corrected chi connectivity index (χ3v) is 3.91. The maximum absolute atomic E-state index is 11.2. The smallest absolute Gasteiger partial charge is 0.373 e. The van der Waals surface area contributed by atoms with Gasteiger partial charge < -0.3 is 14.6 Å². The SMILES string of the molecule is O=C(O)C1OC=C2C=CCC/C2=C2\C=CC(Br)=CC2O1. The van der Waals surface area contributed by atoms with E-state index in [-0.39, 0.29) is 0 Å². The van der Waals surface area contributed by atoms with Crippen LogP contribution in [0.4, 0.5) is 0 Å². The van der Waals surface area contributed by atoms with Gasteiger partial charge in [0.05, 0.1) is 6.26 Å². The Morgan fingerprint density at radius 3 is 3.00 bits per heavy atom. The summed E-state index contributed by atoms with van der Waals surface area (Å²) in [7, 11) is 0. The number of carbonyl (C=O) groups is 1. The van der Waals surface area contributed by atoms with Crippen molar-refractivity contribution < 1.29 is 19.4 Å². The molecule has 0 aromatic heterocycles. The molecule has 0 amide bonds. The Morgan fingerprint density at radius 1 is 1.35 bits per heavy atom. The molecule has 0 saturated heterocycles. The van der Waals surface area contributed by atoms with E-state index in [1.54, 1.807) is 0 Å². The highest BCUT2D eigenvalue weighted by atomic mass is 79.9. The number of carboxylic acids is 1. The van der Waals surface area contributed by atoms with Gasteiger partial charge in [0.1, 0.15) is 6.10 Å². The molecule has 3 aliphatic rings. The predicted octanol–water partition coefficient (Wildman–Crippen LogP) is 3.19. The number of fused-ring (bicyclic) bond motifs is 2. The molecule has 0 radical (unpaired) electrons. The first-order valence-electron chi connectivity index (χ1n) is 6.34. The second-order valence-electron chi connectivity index (χ2n) is 4.70. The molecule has 1 heterocycles. The third-order valence-electron chi connectivity index (χ3n) is 3.39. The van der Waals surface area contributed by atoms with E-state index in [4.69, 9.17) is 14.6 Å². The predicted molar refractivity (Wildman–Crippen MR) is 77.0 cm³/mol. The minimum atomic E-state index is -1.30. The Labute approximate surface area is 124 Å². The zero-order chi connectivity index (χ0) is 14.1. The normalized spacial score (nSPS) is 32.0. The first kappa shape index (κ1) is 13.4. The number of aliphatic carboxylic acids is 1. The van der Waals surface area contributed by atoms with Crippen molar-refractivity contribution in [3.8, 4) is 0 Å². The number of hydrogen-bond acceptors (Lipinski definition) is 3. The average Bonchev–Trinajstić information content (AvgIpc) is 2.41. The van der Waals surface area contributed by atoms with E-state index in [1.165, 1.54) is 6.26 Å². The van der Waals surface area contributed by atoms with Gasteiger partial charge in [-0.05, 0) is 36.1 Å². The molecule has 0 fully saturated rings. The van der Waals surface area contributed by atoms with Gasteiger partial charge in [-0.3, -0.25) is 0 Å². The molecule has 1 N–H and O–H groups in total. The molecule has 5 heteroatoms. The number of hydrogen-bond donors (Lipinski definition) is 1. The number of allylic oxidation sites excluding steroid dienone is 6. The van der Waals surface area contributed by atoms with Crippen LogP contribution in [0.25, 0.3) is 0 Å². The van der Waals surface area contributed by atoms with Crippen molar-refractivity contribution in [1.29, 1.82) is 0 Å². The fourth-order valence-corrected chi connectivity index (χ4v) is 2.83. The molecule has 0 bridgehead atoms. The Morgan fingerprint density at radius 2 is 2.20 bits per heavy atom. The number of rotatable bonds is 1. The summed E-state index contributed by atoms with van der Waals surface area (Å²) in [4.78, 5) is 11.2. The van der Waals surface area contributed by atoms with Crippen molar-refractivity contribution in [3.05, 3.63) is 57.8 Å². The quantitative estimate of drug-likeness (QED) is 0.798. The highest BCUT2D eigenvalue weighted by Crippen LogP contribution is 2.35. The first-order valence-corrected chi connectivity index (χ1v) is 7.14. The van der Waals surface area contributed by atoms with Crippen LogP contribution in [0.5, 0.6) is 0 Å². The molecule has 0 aromatic rings. The lowest BCUT2D eigenvalue weighted by Crippen LogP contribution is -2.33. The van der Waals surface area contributed by atoms with Crippen molar-refractivity contribution >= 4 is 21.9 Å². The van der Waals surface area contributed by atoms with E-state index < -0.39 is 18.4 Å². The molecular formula is C15H13BrO4. The first-order chi connectivity index (χ1) is 9.65. The van der Waals surface area contributed by atoms with E-state index in [9.17, 15) is 4.79 Å². The lowest BCUT2D eigenvalue weighted by atomic mass is 9.87. The standard InChI is InChI=1S/C15H13BrO4/c16-10-5-6-12-11-4-2-1-3-9(11)8-19-15(14(17)18)20-13(12)7-10/h1,3,5-8,13,15H,2,4H2,(H,17,18)/b9-8?,12-11-. The summed E-state index contributed by atoms with van der Waals surface area (Å²) in [5.41, 5.74) is 3.06. The van der Waals surface area contributed by atoms with Crippen molar-refractivity contribution in [3.63, 3.8) is 0 Å². The molecule has 2 aliphatic carbocycles. The van der Waals surface area contributed by atoms with Crippen molar-refractivity contribution in [2.45, 2.75) is 25.2 Å². The lowest BCUT2D eigenvalue weighted by molar-refractivity contribution is -0.181. The summed E-state index contributed by atoms with van der Waals surface area (Å²) in [6.45, 7) is 0. The fraction of sp³-hybridized carbons (Fsp3) is 0.267.